The van der Waals surface area contributed by atoms with E-state index in [0.717, 1.165) is 22.3 Å². The molecule has 0 N–H and O–H groups in total. The molecule has 0 spiro atoms. The molecule has 0 atom stereocenters. The first-order valence-corrected chi connectivity index (χ1v) is 14.5. The predicted octanol–water partition coefficient (Wildman–Crippen LogP) is 8.69. The third kappa shape index (κ3) is 7.11. The third-order valence-electron chi connectivity index (χ3n) is 6.75. The molecule has 0 unspecified atom stereocenters. The number of hydrogen-bond acceptors (Lipinski definition) is 8. The van der Waals surface area contributed by atoms with E-state index in [1.165, 1.54) is 14.2 Å². The number of rotatable bonds is 6. The van der Waals surface area contributed by atoms with Crippen LogP contribution in [0.25, 0.3) is 45.0 Å². The Balaban J connectivity index is 0.000000181. The Kier molecular flexibility index (Phi) is 10.2. The Morgan fingerprint density at radius 1 is 0.543 bits per heavy atom. The molecule has 0 bridgehead atoms. The fraction of sp³-hybridized carbons (Fsp3) is 0.0556. The van der Waals surface area contributed by atoms with Gasteiger partial charge in [-0.05, 0) is 71.8 Å². The summed E-state index contributed by atoms with van der Waals surface area (Å²) in [5.41, 5.74) is 6.68. The van der Waals surface area contributed by atoms with E-state index >= 15 is 0 Å². The Hall–Kier alpha value is -5.80. The normalized spacial score (nSPS) is 10.1. The molecular weight excluding hydrogens is 619 g/mol. The van der Waals surface area contributed by atoms with Crippen LogP contribution in [0.5, 0.6) is 11.8 Å². The molecule has 224 valence electrons. The van der Waals surface area contributed by atoms with E-state index in [-0.39, 0.29) is 11.8 Å². The van der Waals surface area contributed by atoms with Crippen molar-refractivity contribution in [3.8, 4) is 68.9 Å². The summed E-state index contributed by atoms with van der Waals surface area (Å²) < 4.78 is 10.6. The molecule has 6 aromatic rings. The Labute approximate surface area is 276 Å². The van der Waals surface area contributed by atoms with E-state index in [0.29, 0.717) is 43.9 Å². The number of ether oxygens (including phenoxy) is 2. The zero-order chi connectivity index (χ0) is 32.5. The predicted molar refractivity (Wildman–Crippen MR) is 178 cm³/mol. The lowest BCUT2D eigenvalue weighted by Gasteiger charge is -2.11. The van der Waals surface area contributed by atoms with Gasteiger partial charge in [-0.15, -0.1) is 0 Å². The van der Waals surface area contributed by atoms with Gasteiger partial charge in [-0.25, -0.2) is 9.97 Å². The summed E-state index contributed by atoms with van der Waals surface area (Å²) in [6, 6.07) is 33.8. The summed E-state index contributed by atoms with van der Waals surface area (Å²) in [5, 5.41) is 20.3. The Morgan fingerprint density at radius 2 is 0.935 bits per heavy atom. The van der Waals surface area contributed by atoms with Crippen molar-refractivity contribution in [1.29, 1.82) is 10.5 Å². The topological polar surface area (TPSA) is 118 Å². The van der Waals surface area contributed by atoms with E-state index in [1.54, 1.807) is 36.7 Å². The molecule has 4 heterocycles. The molecule has 8 nitrogen and oxygen atoms in total. The van der Waals surface area contributed by atoms with Crippen LogP contribution in [0.4, 0.5) is 0 Å². The number of pyridine rings is 4. The Morgan fingerprint density at radius 3 is 1.24 bits per heavy atom. The van der Waals surface area contributed by atoms with Crippen LogP contribution in [0, 0.1) is 22.7 Å². The minimum Gasteiger partial charge on any atom is -0.480 e. The van der Waals surface area contributed by atoms with Gasteiger partial charge in [0.15, 0.2) is 0 Å². The van der Waals surface area contributed by atoms with Gasteiger partial charge in [-0.3, -0.25) is 9.97 Å². The zero-order valence-corrected chi connectivity index (χ0v) is 26.2. The first-order chi connectivity index (χ1) is 22.4. The first kappa shape index (κ1) is 31.6. The van der Waals surface area contributed by atoms with Crippen molar-refractivity contribution in [1.82, 2.24) is 19.9 Å². The molecule has 0 saturated heterocycles. The quantitative estimate of drug-likeness (QED) is 0.177. The SMILES string of the molecule is COc1nc(-c2ccccn2)cc(-c2ccc(Cl)cc2)c1C#N.COc1nc(-c2ccccn2)cc(-c2ccc(Cl)cc2)c1C#N. The summed E-state index contributed by atoms with van der Waals surface area (Å²) in [5.74, 6) is 0.557. The van der Waals surface area contributed by atoms with Gasteiger partial charge >= 0.3 is 0 Å². The fourth-order valence-electron chi connectivity index (χ4n) is 4.56. The molecule has 46 heavy (non-hydrogen) atoms. The molecule has 4 aromatic heterocycles. The van der Waals surface area contributed by atoms with Crippen molar-refractivity contribution in [2.75, 3.05) is 14.2 Å². The van der Waals surface area contributed by atoms with E-state index in [9.17, 15) is 10.5 Å². The zero-order valence-electron chi connectivity index (χ0n) is 24.6. The van der Waals surface area contributed by atoms with Crippen LogP contribution < -0.4 is 9.47 Å². The van der Waals surface area contributed by atoms with Crippen LogP contribution in [0.3, 0.4) is 0 Å². The number of nitrogens with zero attached hydrogens (tertiary/aromatic N) is 6. The van der Waals surface area contributed by atoms with Gasteiger partial charge in [-0.2, -0.15) is 10.5 Å². The maximum Gasteiger partial charge on any atom is 0.232 e. The van der Waals surface area contributed by atoms with Crippen LogP contribution in [0.2, 0.25) is 10.0 Å². The molecule has 0 fully saturated rings. The van der Waals surface area contributed by atoms with E-state index < -0.39 is 0 Å². The highest BCUT2D eigenvalue weighted by atomic mass is 35.5. The number of methoxy groups -OCH3 is 2. The van der Waals surface area contributed by atoms with Crippen molar-refractivity contribution in [2.24, 2.45) is 0 Å². The molecule has 0 aliphatic rings. The van der Waals surface area contributed by atoms with Crippen molar-refractivity contribution in [3.63, 3.8) is 0 Å². The summed E-state index contributed by atoms with van der Waals surface area (Å²) >= 11 is 11.9. The molecule has 0 radical (unpaired) electrons. The van der Waals surface area contributed by atoms with Crippen LogP contribution in [0.1, 0.15) is 11.1 Å². The van der Waals surface area contributed by atoms with Gasteiger partial charge in [-0.1, -0.05) is 59.6 Å². The molecule has 0 aliphatic carbocycles. The minimum absolute atomic E-state index is 0.278. The van der Waals surface area contributed by atoms with E-state index in [4.69, 9.17) is 32.7 Å². The number of hydrogen-bond donors (Lipinski definition) is 0. The lowest BCUT2D eigenvalue weighted by molar-refractivity contribution is 0.397. The van der Waals surface area contributed by atoms with Gasteiger partial charge in [0.05, 0.1) is 37.0 Å². The van der Waals surface area contributed by atoms with E-state index in [2.05, 4.69) is 32.1 Å². The van der Waals surface area contributed by atoms with Crippen LogP contribution in [-0.4, -0.2) is 34.2 Å². The van der Waals surface area contributed by atoms with Gasteiger partial charge in [0.1, 0.15) is 23.3 Å². The number of nitriles is 2. The lowest BCUT2D eigenvalue weighted by atomic mass is 10.00. The summed E-state index contributed by atoms with van der Waals surface area (Å²) in [7, 11) is 2.99. The number of aromatic nitrogens is 4. The molecule has 0 amide bonds. The van der Waals surface area contributed by atoms with Gasteiger partial charge in [0, 0.05) is 33.6 Å². The Bertz CT molecular complexity index is 1890. The smallest absolute Gasteiger partial charge is 0.232 e. The average molecular weight is 644 g/mol. The van der Waals surface area contributed by atoms with Crippen LogP contribution in [0.15, 0.2) is 109 Å². The van der Waals surface area contributed by atoms with Crippen molar-refractivity contribution in [3.05, 3.63) is 131 Å². The third-order valence-corrected chi connectivity index (χ3v) is 7.25. The number of halogens is 2. The molecule has 2 aromatic carbocycles. The second-order valence-electron chi connectivity index (χ2n) is 9.55. The minimum atomic E-state index is 0.278. The highest BCUT2D eigenvalue weighted by molar-refractivity contribution is 6.31. The summed E-state index contributed by atoms with van der Waals surface area (Å²) in [6.07, 6.45) is 3.40. The average Bonchev–Trinajstić information content (AvgIpc) is 3.12. The summed E-state index contributed by atoms with van der Waals surface area (Å²) in [4.78, 5) is 17.4. The first-order valence-electron chi connectivity index (χ1n) is 13.8. The number of benzene rings is 2. The monoisotopic (exact) mass is 642 g/mol. The summed E-state index contributed by atoms with van der Waals surface area (Å²) in [6.45, 7) is 0. The van der Waals surface area contributed by atoms with E-state index in [1.807, 2.05) is 72.8 Å². The van der Waals surface area contributed by atoms with Gasteiger partial charge < -0.3 is 9.47 Å². The van der Waals surface area contributed by atoms with Crippen LogP contribution in [-0.2, 0) is 0 Å². The standard InChI is InChI=1S/2C18H12ClN3O/c2*1-23-18-15(11-20)14(12-5-7-13(19)8-6-12)10-17(22-18)16-4-2-3-9-21-16/h2*2-10H,1H3. The maximum absolute atomic E-state index is 9.50. The highest BCUT2D eigenvalue weighted by Gasteiger charge is 2.17. The molecular formula is C36H24Cl2N6O2. The fourth-order valence-corrected chi connectivity index (χ4v) is 4.81. The molecule has 6 rings (SSSR count). The van der Waals surface area contributed by atoms with Crippen molar-refractivity contribution < 1.29 is 9.47 Å². The second kappa shape index (κ2) is 14.8. The largest absolute Gasteiger partial charge is 0.480 e. The molecule has 10 heteroatoms. The lowest BCUT2D eigenvalue weighted by Crippen LogP contribution is -1.98. The van der Waals surface area contributed by atoms with Crippen molar-refractivity contribution in [2.45, 2.75) is 0 Å². The van der Waals surface area contributed by atoms with Crippen molar-refractivity contribution >= 4 is 23.2 Å². The maximum atomic E-state index is 9.50. The van der Waals surface area contributed by atoms with Gasteiger partial charge in [0.2, 0.25) is 11.8 Å². The second-order valence-corrected chi connectivity index (χ2v) is 10.4. The van der Waals surface area contributed by atoms with Crippen LogP contribution >= 0.6 is 23.2 Å². The van der Waals surface area contributed by atoms with Gasteiger partial charge in [0.25, 0.3) is 0 Å². The molecule has 0 saturated carbocycles. The molecule has 0 aliphatic heterocycles. The highest BCUT2D eigenvalue weighted by Crippen LogP contribution is 2.34.